The van der Waals surface area contributed by atoms with E-state index in [1.165, 1.54) is 6.07 Å². The molecule has 2 atom stereocenters. The van der Waals surface area contributed by atoms with Gasteiger partial charge in [0.15, 0.2) is 11.6 Å². The molecule has 114 valence electrons. The highest BCUT2D eigenvalue weighted by Crippen LogP contribution is 2.49. The zero-order valence-corrected chi connectivity index (χ0v) is 12.0. The maximum absolute atomic E-state index is 13.2. The molecule has 0 N–H and O–H groups in total. The van der Waals surface area contributed by atoms with Crippen LogP contribution in [0.2, 0.25) is 0 Å². The monoisotopic (exact) mass is 302 g/mol. The van der Waals surface area contributed by atoms with E-state index in [1.807, 2.05) is 30.3 Å². The van der Waals surface area contributed by atoms with E-state index in [0.29, 0.717) is 6.42 Å². The summed E-state index contributed by atoms with van der Waals surface area (Å²) in [4.78, 5) is 11.8. The number of ether oxygens (including phenoxy) is 1. The quantitative estimate of drug-likeness (QED) is 0.774. The van der Waals surface area contributed by atoms with E-state index in [4.69, 9.17) is 4.74 Å². The Morgan fingerprint density at radius 3 is 2.59 bits per heavy atom. The lowest BCUT2D eigenvalue weighted by Crippen LogP contribution is -2.05. The van der Waals surface area contributed by atoms with Gasteiger partial charge < -0.3 is 4.74 Å². The van der Waals surface area contributed by atoms with Crippen molar-refractivity contribution >= 4 is 5.97 Å². The second-order valence-electron chi connectivity index (χ2n) is 5.63. The predicted octanol–water partition coefficient (Wildman–Crippen LogP) is 4.20. The summed E-state index contributed by atoms with van der Waals surface area (Å²) in [5.74, 6) is -1.65. The second-order valence-corrected chi connectivity index (χ2v) is 5.63. The zero-order valence-electron chi connectivity index (χ0n) is 12.0. The largest absolute Gasteiger partial charge is 0.461 e. The van der Waals surface area contributed by atoms with Gasteiger partial charge in [0, 0.05) is 6.42 Å². The van der Waals surface area contributed by atoms with Crippen LogP contribution in [-0.2, 0) is 16.1 Å². The molecule has 0 bridgehead atoms. The Hall–Kier alpha value is -2.23. The minimum absolute atomic E-state index is 0.124. The molecule has 22 heavy (non-hydrogen) atoms. The van der Waals surface area contributed by atoms with Crippen molar-refractivity contribution in [1.29, 1.82) is 0 Å². The molecular formula is C18H16F2O2. The molecule has 1 aliphatic carbocycles. The van der Waals surface area contributed by atoms with Gasteiger partial charge in [0.2, 0.25) is 0 Å². The van der Waals surface area contributed by atoms with E-state index in [9.17, 15) is 13.6 Å². The number of hydrogen-bond acceptors (Lipinski definition) is 2. The van der Waals surface area contributed by atoms with Gasteiger partial charge in [-0.05, 0) is 41.5 Å². The first-order valence-corrected chi connectivity index (χ1v) is 7.28. The van der Waals surface area contributed by atoms with E-state index in [-0.39, 0.29) is 24.4 Å². The fourth-order valence-electron chi connectivity index (χ4n) is 2.64. The van der Waals surface area contributed by atoms with Gasteiger partial charge in [-0.1, -0.05) is 36.4 Å². The van der Waals surface area contributed by atoms with Crippen LogP contribution in [0.1, 0.15) is 29.9 Å². The number of carbonyl (C=O) groups is 1. The lowest BCUT2D eigenvalue weighted by molar-refractivity contribution is -0.145. The molecule has 0 saturated heterocycles. The Morgan fingerprint density at radius 1 is 1.09 bits per heavy atom. The van der Waals surface area contributed by atoms with Crippen molar-refractivity contribution in [3.05, 3.63) is 71.3 Å². The average Bonchev–Trinajstić information content (AvgIpc) is 3.28. The van der Waals surface area contributed by atoms with Gasteiger partial charge in [0.05, 0.1) is 0 Å². The topological polar surface area (TPSA) is 26.3 Å². The van der Waals surface area contributed by atoms with Crippen molar-refractivity contribution in [2.24, 2.45) is 5.92 Å². The van der Waals surface area contributed by atoms with Crippen LogP contribution < -0.4 is 0 Å². The van der Waals surface area contributed by atoms with Gasteiger partial charge in [0.1, 0.15) is 6.61 Å². The van der Waals surface area contributed by atoms with E-state index in [0.717, 1.165) is 23.6 Å². The maximum atomic E-state index is 13.2. The molecular weight excluding hydrogens is 286 g/mol. The van der Waals surface area contributed by atoms with Crippen LogP contribution >= 0.6 is 0 Å². The molecule has 2 aromatic rings. The van der Waals surface area contributed by atoms with E-state index < -0.39 is 11.6 Å². The number of carbonyl (C=O) groups excluding carboxylic acids is 1. The Bertz CT molecular complexity index is 670. The van der Waals surface area contributed by atoms with Gasteiger partial charge in [-0.3, -0.25) is 4.79 Å². The van der Waals surface area contributed by atoms with Crippen LogP contribution in [0.5, 0.6) is 0 Å². The highest BCUT2D eigenvalue weighted by atomic mass is 19.2. The van der Waals surface area contributed by atoms with Crippen LogP contribution in [0.15, 0.2) is 48.5 Å². The summed E-state index contributed by atoms with van der Waals surface area (Å²) in [6.45, 7) is 0.266. The third kappa shape index (κ3) is 3.50. The van der Waals surface area contributed by atoms with Crippen molar-refractivity contribution in [2.75, 3.05) is 0 Å². The second kappa shape index (κ2) is 6.26. The normalized spacial score (nSPS) is 19.7. The number of benzene rings is 2. The molecule has 4 heteroatoms. The standard InChI is InChI=1S/C18H16F2O2/c19-16-7-6-13(9-17(16)20)15-8-14(15)10-18(21)22-11-12-4-2-1-3-5-12/h1-7,9,14-15H,8,10-11H2/t14-,15-/m0/s1. The lowest BCUT2D eigenvalue weighted by Gasteiger charge is -2.05. The van der Waals surface area contributed by atoms with Crippen LogP contribution in [0.25, 0.3) is 0 Å². The molecule has 1 fully saturated rings. The molecule has 1 aliphatic rings. The summed E-state index contributed by atoms with van der Waals surface area (Å²) in [5, 5.41) is 0. The Morgan fingerprint density at radius 2 is 1.86 bits per heavy atom. The van der Waals surface area contributed by atoms with E-state index >= 15 is 0 Å². The summed E-state index contributed by atoms with van der Waals surface area (Å²) in [7, 11) is 0. The number of halogens is 2. The molecule has 2 aromatic carbocycles. The summed E-state index contributed by atoms with van der Waals surface area (Å²) >= 11 is 0. The Kier molecular flexibility index (Phi) is 4.18. The molecule has 0 aromatic heterocycles. The Balaban J connectivity index is 1.48. The molecule has 1 saturated carbocycles. The molecule has 0 heterocycles. The van der Waals surface area contributed by atoms with Gasteiger partial charge >= 0.3 is 5.97 Å². The number of hydrogen-bond donors (Lipinski definition) is 0. The lowest BCUT2D eigenvalue weighted by atomic mass is 10.1. The SMILES string of the molecule is O=C(C[C@@H]1C[C@H]1c1ccc(F)c(F)c1)OCc1ccccc1. The van der Waals surface area contributed by atoms with Gasteiger partial charge in [0.25, 0.3) is 0 Å². The molecule has 0 unspecified atom stereocenters. The van der Waals surface area contributed by atoms with Crippen LogP contribution in [-0.4, -0.2) is 5.97 Å². The predicted molar refractivity (Wildman–Crippen MR) is 78.1 cm³/mol. The van der Waals surface area contributed by atoms with Crippen molar-refractivity contribution < 1.29 is 18.3 Å². The van der Waals surface area contributed by atoms with Crippen LogP contribution in [0.4, 0.5) is 8.78 Å². The number of rotatable bonds is 5. The minimum atomic E-state index is -0.844. The van der Waals surface area contributed by atoms with Crippen molar-refractivity contribution in [1.82, 2.24) is 0 Å². The molecule has 0 spiro atoms. The van der Waals surface area contributed by atoms with Crippen LogP contribution in [0, 0.1) is 17.6 Å². The first kappa shape index (κ1) is 14.7. The average molecular weight is 302 g/mol. The van der Waals surface area contributed by atoms with Gasteiger partial charge in [-0.2, -0.15) is 0 Å². The smallest absolute Gasteiger partial charge is 0.306 e. The molecule has 0 aliphatic heterocycles. The van der Waals surface area contributed by atoms with Gasteiger partial charge in [-0.15, -0.1) is 0 Å². The maximum Gasteiger partial charge on any atom is 0.306 e. The fourth-order valence-corrected chi connectivity index (χ4v) is 2.64. The van der Waals surface area contributed by atoms with Gasteiger partial charge in [-0.25, -0.2) is 8.78 Å². The molecule has 0 amide bonds. The highest BCUT2D eigenvalue weighted by molar-refractivity contribution is 5.70. The zero-order chi connectivity index (χ0) is 15.5. The summed E-state index contributed by atoms with van der Waals surface area (Å²) in [6, 6.07) is 13.4. The summed E-state index contributed by atoms with van der Waals surface area (Å²) in [6.07, 6.45) is 1.13. The first-order chi connectivity index (χ1) is 10.6. The molecule has 2 nitrogen and oxygen atoms in total. The van der Waals surface area contributed by atoms with Crippen molar-refractivity contribution in [2.45, 2.75) is 25.4 Å². The fraction of sp³-hybridized carbons (Fsp3) is 0.278. The van der Waals surface area contributed by atoms with Crippen molar-refractivity contribution in [3.63, 3.8) is 0 Å². The third-order valence-corrected chi connectivity index (χ3v) is 3.97. The first-order valence-electron chi connectivity index (χ1n) is 7.28. The van der Waals surface area contributed by atoms with Crippen LogP contribution in [0.3, 0.4) is 0 Å². The summed E-state index contributed by atoms with van der Waals surface area (Å²) in [5.41, 5.74) is 1.70. The minimum Gasteiger partial charge on any atom is -0.461 e. The highest BCUT2D eigenvalue weighted by Gasteiger charge is 2.40. The molecule has 0 radical (unpaired) electrons. The van der Waals surface area contributed by atoms with E-state index in [1.54, 1.807) is 6.07 Å². The molecule has 3 rings (SSSR count). The number of esters is 1. The third-order valence-electron chi connectivity index (χ3n) is 3.97. The van der Waals surface area contributed by atoms with E-state index in [2.05, 4.69) is 0 Å². The van der Waals surface area contributed by atoms with Crippen molar-refractivity contribution in [3.8, 4) is 0 Å². The Labute approximate surface area is 127 Å². The summed E-state index contributed by atoms with van der Waals surface area (Å²) < 4.78 is 31.3.